The van der Waals surface area contributed by atoms with Gasteiger partial charge < -0.3 is 10.6 Å². The first-order chi connectivity index (χ1) is 14.2. The summed E-state index contributed by atoms with van der Waals surface area (Å²) in [5, 5.41) is 5.84. The van der Waals surface area contributed by atoms with Gasteiger partial charge in [0, 0.05) is 25.7 Å². The van der Waals surface area contributed by atoms with Crippen molar-refractivity contribution in [2.45, 2.75) is 77.3 Å². The molecule has 0 aromatic carbocycles. The Morgan fingerprint density at radius 1 is 0.667 bits per heavy atom. The topological polar surface area (TPSA) is 58.2 Å². The molecule has 30 heavy (non-hydrogen) atoms. The van der Waals surface area contributed by atoms with E-state index >= 15 is 0 Å². The molecule has 156 valence electrons. The predicted octanol–water partition coefficient (Wildman–Crippen LogP) is 3.26. The Balaban J connectivity index is 2.82. The summed E-state index contributed by atoms with van der Waals surface area (Å²) in [7, 11) is 0. The Morgan fingerprint density at radius 2 is 1.03 bits per heavy atom. The summed E-state index contributed by atoms with van der Waals surface area (Å²) in [6, 6.07) is 0. The highest BCUT2D eigenvalue weighted by Crippen LogP contribution is 2.04. The molecule has 0 aromatic rings. The van der Waals surface area contributed by atoms with E-state index in [9.17, 15) is 9.59 Å². The van der Waals surface area contributed by atoms with Gasteiger partial charge in [-0.25, -0.2) is 0 Å². The van der Waals surface area contributed by atoms with E-state index in [-0.39, 0.29) is 11.8 Å². The van der Waals surface area contributed by atoms with Crippen LogP contribution in [0.1, 0.15) is 66.2 Å². The van der Waals surface area contributed by atoms with Crippen molar-refractivity contribution < 1.29 is 9.59 Å². The van der Waals surface area contributed by atoms with Crippen LogP contribution < -0.4 is 10.6 Å². The van der Waals surface area contributed by atoms with Crippen molar-refractivity contribution >= 4 is 11.8 Å². The second kappa shape index (κ2) is 13.0. The third-order valence-corrected chi connectivity index (χ3v) is 3.79. The lowest BCUT2D eigenvalue weighted by Gasteiger charge is -2.19. The number of carbonyl (C=O) groups is 2. The van der Waals surface area contributed by atoms with Crippen molar-refractivity contribution in [1.29, 1.82) is 0 Å². The minimum absolute atomic E-state index is 0.0417. The lowest BCUT2D eigenvalue weighted by Crippen LogP contribution is -2.42. The lowest BCUT2D eigenvalue weighted by molar-refractivity contribution is -0.123. The zero-order valence-corrected chi connectivity index (χ0v) is 18.4. The van der Waals surface area contributed by atoms with Crippen LogP contribution in [0.4, 0.5) is 0 Å². The van der Waals surface area contributed by atoms with Crippen molar-refractivity contribution in [3.8, 4) is 47.4 Å². The smallest absolute Gasteiger partial charge is 0.221 e. The number of allylic oxidation sites excluding steroid dienone is 4. The minimum atomic E-state index is -0.614. The first kappa shape index (κ1) is 24.7. The van der Waals surface area contributed by atoms with Crippen LogP contribution in [0.15, 0.2) is 24.3 Å². The summed E-state index contributed by atoms with van der Waals surface area (Å²) in [6.45, 7) is 7.44. The van der Waals surface area contributed by atoms with Gasteiger partial charge in [0.2, 0.25) is 11.8 Å². The third-order valence-electron chi connectivity index (χ3n) is 3.79. The van der Waals surface area contributed by atoms with Crippen LogP contribution >= 0.6 is 0 Å². The van der Waals surface area contributed by atoms with Gasteiger partial charge in [-0.15, -0.1) is 0 Å². The average Bonchev–Trinajstić information content (AvgIpc) is 2.63. The molecule has 2 N–H and O–H groups in total. The second-order valence-electron chi connectivity index (χ2n) is 7.90. The molecule has 0 radical (unpaired) electrons. The molecular formula is C26H30N2O2. The molecule has 0 fully saturated rings. The van der Waals surface area contributed by atoms with E-state index in [2.05, 4.69) is 58.0 Å². The number of carbonyl (C=O) groups excluding carboxylic acids is 2. The van der Waals surface area contributed by atoms with Crippen molar-refractivity contribution in [2.24, 2.45) is 0 Å². The Bertz CT molecular complexity index is 842. The van der Waals surface area contributed by atoms with E-state index in [1.54, 1.807) is 24.3 Å². The van der Waals surface area contributed by atoms with Crippen molar-refractivity contribution in [3.63, 3.8) is 0 Å². The Labute approximate surface area is 181 Å². The highest BCUT2D eigenvalue weighted by Gasteiger charge is 2.17. The number of hydrogen-bond donors (Lipinski definition) is 2. The van der Waals surface area contributed by atoms with E-state index in [4.69, 9.17) is 0 Å². The maximum absolute atomic E-state index is 12.1. The SMILES string of the molecule is CC1(C)C#C/C=C\C#CCCCC(=O)NC(C)(C)C#C/C=C\C#CCCCC(=O)N1. The predicted molar refractivity (Wildman–Crippen MR) is 122 cm³/mol. The summed E-state index contributed by atoms with van der Waals surface area (Å²) in [5.74, 6) is 23.6. The first-order valence-corrected chi connectivity index (χ1v) is 10.1. The molecule has 1 rings (SSSR count). The number of hydrogen-bond acceptors (Lipinski definition) is 2. The fourth-order valence-electron chi connectivity index (χ4n) is 2.43. The molecule has 1 heterocycles. The van der Waals surface area contributed by atoms with Gasteiger partial charge in [-0.05, 0) is 64.8 Å². The molecule has 4 heteroatoms. The Morgan fingerprint density at radius 3 is 1.43 bits per heavy atom. The molecule has 0 spiro atoms. The van der Waals surface area contributed by atoms with Gasteiger partial charge in [0.1, 0.15) is 0 Å². The normalized spacial score (nSPS) is 21.6. The highest BCUT2D eigenvalue weighted by atomic mass is 16.2. The molecule has 1 aliphatic rings. The first-order valence-electron chi connectivity index (χ1n) is 10.1. The summed E-state index contributed by atoms with van der Waals surface area (Å²) < 4.78 is 0. The molecule has 1 aliphatic heterocycles. The lowest BCUT2D eigenvalue weighted by atomic mass is 10.1. The van der Waals surface area contributed by atoms with E-state index < -0.39 is 11.1 Å². The maximum atomic E-state index is 12.1. The summed E-state index contributed by atoms with van der Waals surface area (Å²) in [5.41, 5.74) is -1.23. The van der Waals surface area contributed by atoms with Gasteiger partial charge in [-0.3, -0.25) is 9.59 Å². The quantitative estimate of drug-likeness (QED) is 0.611. The standard InChI is InChI=1S/C26H30N2O2/c1-25(2)21-17-13-9-5-7-12-16-20-24(30)28-26(3,4)22-18-14-10-6-8-11-15-19-23(29)27-25/h9-10,13-14H,11-12,15-16,19-20H2,1-4H3,(H,27,29)(H,28,30)/b13-9-,14-10-. The van der Waals surface area contributed by atoms with Crippen LogP contribution in [0.3, 0.4) is 0 Å². The Hall–Kier alpha value is -3.34. The zero-order chi connectivity index (χ0) is 22.3. The molecule has 0 saturated heterocycles. The fraction of sp³-hybridized carbons (Fsp3) is 0.462. The molecule has 0 atom stereocenters. The van der Waals surface area contributed by atoms with Gasteiger partial charge in [0.05, 0.1) is 11.1 Å². The molecule has 0 saturated carbocycles. The van der Waals surface area contributed by atoms with Gasteiger partial charge in [-0.1, -0.05) is 47.4 Å². The van der Waals surface area contributed by atoms with E-state index in [1.165, 1.54) is 0 Å². The van der Waals surface area contributed by atoms with Gasteiger partial charge in [-0.2, -0.15) is 0 Å². The van der Waals surface area contributed by atoms with Gasteiger partial charge in [0.25, 0.3) is 0 Å². The van der Waals surface area contributed by atoms with Gasteiger partial charge >= 0.3 is 0 Å². The van der Waals surface area contributed by atoms with Crippen LogP contribution in [0.2, 0.25) is 0 Å². The molecule has 0 aromatic heterocycles. The minimum Gasteiger partial charge on any atom is -0.340 e. The van der Waals surface area contributed by atoms with Crippen LogP contribution in [0, 0.1) is 47.4 Å². The summed E-state index contributed by atoms with van der Waals surface area (Å²) in [4.78, 5) is 24.1. The van der Waals surface area contributed by atoms with E-state index in [1.807, 2.05) is 27.7 Å². The molecule has 2 amide bonds. The number of amides is 2. The monoisotopic (exact) mass is 402 g/mol. The van der Waals surface area contributed by atoms with Crippen molar-refractivity contribution in [2.75, 3.05) is 0 Å². The average molecular weight is 403 g/mol. The molecular weight excluding hydrogens is 372 g/mol. The maximum Gasteiger partial charge on any atom is 0.221 e. The Kier molecular flexibility index (Phi) is 10.7. The highest BCUT2D eigenvalue weighted by molar-refractivity contribution is 5.77. The molecule has 0 aliphatic carbocycles. The van der Waals surface area contributed by atoms with Crippen LogP contribution in [0.5, 0.6) is 0 Å². The van der Waals surface area contributed by atoms with Crippen LogP contribution in [-0.2, 0) is 9.59 Å². The fourth-order valence-corrected chi connectivity index (χ4v) is 2.43. The van der Waals surface area contributed by atoms with Gasteiger partial charge in [0.15, 0.2) is 0 Å². The second-order valence-corrected chi connectivity index (χ2v) is 7.90. The zero-order valence-electron chi connectivity index (χ0n) is 18.4. The van der Waals surface area contributed by atoms with Crippen molar-refractivity contribution in [1.82, 2.24) is 10.6 Å². The third kappa shape index (κ3) is 12.9. The number of rotatable bonds is 0. The summed E-state index contributed by atoms with van der Waals surface area (Å²) >= 11 is 0. The van der Waals surface area contributed by atoms with Crippen molar-refractivity contribution in [3.05, 3.63) is 24.3 Å². The molecule has 4 nitrogen and oxygen atoms in total. The van der Waals surface area contributed by atoms with Crippen LogP contribution in [-0.4, -0.2) is 22.9 Å². The van der Waals surface area contributed by atoms with Crippen LogP contribution in [0.25, 0.3) is 0 Å². The largest absolute Gasteiger partial charge is 0.340 e. The molecule has 0 unspecified atom stereocenters. The molecule has 0 bridgehead atoms. The number of nitrogens with one attached hydrogen (secondary N) is 2. The van der Waals surface area contributed by atoms with E-state index in [0.29, 0.717) is 38.5 Å². The summed E-state index contributed by atoms with van der Waals surface area (Å²) in [6.07, 6.45) is 10.1. The van der Waals surface area contributed by atoms with E-state index in [0.717, 1.165) is 0 Å².